The summed E-state index contributed by atoms with van der Waals surface area (Å²) in [5, 5.41) is 5.43. The molecule has 1 aromatic heterocycles. The molecule has 6 nitrogen and oxygen atoms in total. The van der Waals surface area contributed by atoms with Crippen LogP contribution >= 0.6 is 0 Å². The third-order valence-corrected chi connectivity index (χ3v) is 4.70. The second-order valence-corrected chi connectivity index (χ2v) is 6.71. The van der Waals surface area contributed by atoms with Crippen LogP contribution in [0.15, 0.2) is 34.7 Å². The van der Waals surface area contributed by atoms with Crippen molar-refractivity contribution in [2.24, 2.45) is 0 Å². The van der Waals surface area contributed by atoms with Gasteiger partial charge in [-0.2, -0.15) is 13.2 Å². The van der Waals surface area contributed by atoms with Crippen molar-refractivity contribution in [3.8, 4) is 11.5 Å². The Labute approximate surface area is 161 Å². The first-order chi connectivity index (χ1) is 13.3. The molecule has 0 spiro atoms. The Morgan fingerprint density at radius 1 is 1.29 bits per heavy atom. The van der Waals surface area contributed by atoms with Crippen molar-refractivity contribution in [2.75, 3.05) is 32.7 Å². The van der Waals surface area contributed by atoms with Crippen molar-refractivity contribution in [3.63, 3.8) is 0 Å². The maximum atomic E-state index is 13.4. The number of nitrogens with zero attached hydrogens (tertiary/aromatic N) is 2. The molecule has 1 saturated heterocycles. The Bertz CT molecular complexity index is 786. The Morgan fingerprint density at radius 3 is 2.61 bits per heavy atom. The molecule has 2 aromatic rings. The Balaban J connectivity index is 1.61. The minimum Gasteiger partial charge on any atom is -0.441 e. The van der Waals surface area contributed by atoms with Gasteiger partial charge in [0.25, 0.3) is 0 Å². The van der Waals surface area contributed by atoms with E-state index in [-0.39, 0.29) is 6.42 Å². The quantitative estimate of drug-likeness (QED) is 0.783. The number of carbonyl (C=O) groups excluding carboxylic acids is 1. The Morgan fingerprint density at radius 2 is 1.96 bits per heavy atom. The average Bonchev–Trinajstić information content (AvgIpc) is 3.03. The van der Waals surface area contributed by atoms with Gasteiger partial charge in [0.15, 0.2) is 0 Å². The number of benzene rings is 1. The van der Waals surface area contributed by atoms with Crippen LogP contribution in [0.3, 0.4) is 0 Å². The van der Waals surface area contributed by atoms with E-state index < -0.39 is 24.7 Å². The maximum absolute atomic E-state index is 13.4. The highest BCUT2D eigenvalue weighted by Crippen LogP contribution is 2.25. The number of amides is 1. The van der Waals surface area contributed by atoms with Crippen molar-refractivity contribution in [3.05, 3.63) is 41.8 Å². The number of piperazine rings is 1. The summed E-state index contributed by atoms with van der Waals surface area (Å²) in [7, 11) is 0. The van der Waals surface area contributed by atoms with E-state index >= 15 is 0 Å². The first-order valence-corrected chi connectivity index (χ1v) is 9.14. The van der Waals surface area contributed by atoms with Crippen molar-refractivity contribution in [1.82, 2.24) is 20.5 Å². The lowest BCUT2D eigenvalue weighted by atomic mass is 10.2. The number of halogens is 3. The van der Waals surface area contributed by atoms with Crippen LogP contribution in [0, 0.1) is 6.92 Å². The van der Waals surface area contributed by atoms with Crippen LogP contribution in [0.5, 0.6) is 0 Å². The smallest absolute Gasteiger partial charge is 0.405 e. The molecule has 2 N–H and O–H groups in total. The highest BCUT2D eigenvalue weighted by Gasteiger charge is 2.43. The first kappa shape index (κ1) is 20.3. The van der Waals surface area contributed by atoms with Crippen LogP contribution in [0.25, 0.3) is 11.5 Å². The molecule has 1 aliphatic rings. The first-order valence-electron chi connectivity index (χ1n) is 9.14. The van der Waals surface area contributed by atoms with E-state index in [9.17, 15) is 18.0 Å². The monoisotopic (exact) mass is 396 g/mol. The van der Waals surface area contributed by atoms with Crippen LogP contribution < -0.4 is 10.6 Å². The van der Waals surface area contributed by atoms with Crippen LogP contribution in [-0.2, 0) is 11.2 Å². The van der Waals surface area contributed by atoms with E-state index in [1.54, 1.807) is 6.92 Å². The number of hydrogen-bond acceptors (Lipinski definition) is 5. The number of hydrogen-bond donors (Lipinski definition) is 2. The van der Waals surface area contributed by atoms with E-state index in [0.717, 1.165) is 5.56 Å². The lowest BCUT2D eigenvalue weighted by molar-refractivity contribution is -0.184. The molecule has 0 radical (unpaired) electrons. The average molecular weight is 396 g/mol. The highest BCUT2D eigenvalue weighted by atomic mass is 19.4. The van der Waals surface area contributed by atoms with Crippen LogP contribution in [-0.4, -0.2) is 60.7 Å². The van der Waals surface area contributed by atoms with E-state index in [2.05, 4.69) is 15.6 Å². The van der Waals surface area contributed by atoms with Gasteiger partial charge >= 0.3 is 6.18 Å². The number of oxazole rings is 1. The Kier molecular flexibility index (Phi) is 6.35. The zero-order chi connectivity index (χ0) is 20.1. The molecule has 1 amide bonds. The van der Waals surface area contributed by atoms with Crippen LogP contribution in [0.2, 0.25) is 0 Å². The number of aromatic nitrogens is 1. The zero-order valence-corrected chi connectivity index (χ0v) is 15.6. The largest absolute Gasteiger partial charge is 0.441 e. The van der Waals surface area contributed by atoms with Crippen molar-refractivity contribution < 1.29 is 22.4 Å². The summed E-state index contributed by atoms with van der Waals surface area (Å²) in [6, 6.07) is 7.51. The van der Waals surface area contributed by atoms with E-state index in [1.165, 1.54) is 4.90 Å². The molecule has 1 unspecified atom stereocenters. The third kappa shape index (κ3) is 5.11. The SMILES string of the molecule is Cc1oc(-c2ccccc2)nc1CC(=O)NCC(N1CCNCC1)C(F)(F)F. The number of aryl methyl sites for hydroxylation is 1. The van der Waals surface area contributed by atoms with Crippen LogP contribution in [0.4, 0.5) is 13.2 Å². The molecule has 9 heteroatoms. The fourth-order valence-electron chi connectivity index (χ4n) is 3.17. The molecule has 0 bridgehead atoms. The van der Waals surface area contributed by atoms with E-state index in [0.29, 0.717) is 43.5 Å². The second kappa shape index (κ2) is 8.74. The van der Waals surface area contributed by atoms with Crippen molar-refractivity contribution in [2.45, 2.75) is 25.6 Å². The standard InChI is InChI=1S/C19H23F3N4O2/c1-13-15(25-18(28-13)14-5-3-2-4-6-14)11-17(27)24-12-16(19(20,21)22)26-9-7-23-8-10-26/h2-6,16,23H,7-12H2,1H3,(H,24,27). The molecule has 28 heavy (non-hydrogen) atoms. The summed E-state index contributed by atoms with van der Waals surface area (Å²) >= 11 is 0. The predicted molar refractivity (Wildman–Crippen MR) is 97.7 cm³/mol. The molecule has 0 aliphatic carbocycles. The molecule has 1 aliphatic heterocycles. The summed E-state index contributed by atoms with van der Waals surface area (Å²) < 4.78 is 45.8. The van der Waals surface area contributed by atoms with Crippen LogP contribution in [0.1, 0.15) is 11.5 Å². The third-order valence-electron chi connectivity index (χ3n) is 4.70. The number of rotatable bonds is 6. The van der Waals surface area contributed by atoms with Gasteiger partial charge in [0.2, 0.25) is 11.8 Å². The molecular weight excluding hydrogens is 373 g/mol. The summed E-state index contributed by atoms with van der Waals surface area (Å²) in [5.41, 5.74) is 1.19. The normalized spacial score (nSPS) is 16.7. The lowest BCUT2D eigenvalue weighted by Crippen LogP contribution is -2.57. The number of nitrogens with one attached hydrogen (secondary N) is 2. The van der Waals surface area contributed by atoms with Gasteiger partial charge in [-0.25, -0.2) is 4.98 Å². The maximum Gasteiger partial charge on any atom is 0.405 e. The molecule has 1 atom stereocenters. The zero-order valence-electron chi connectivity index (χ0n) is 15.6. The van der Waals surface area contributed by atoms with E-state index in [1.807, 2.05) is 30.3 Å². The highest BCUT2D eigenvalue weighted by molar-refractivity contribution is 5.78. The lowest BCUT2D eigenvalue weighted by Gasteiger charge is -2.35. The summed E-state index contributed by atoms with van der Waals surface area (Å²) in [6.45, 7) is 2.79. The molecule has 2 heterocycles. The number of alkyl halides is 3. The predicted octanol–water partition coefficient (Wildman–Crippen LogP) is 2.14. The van der Waals surface area contributed by atoms with Gasteiger partial charge in [0.1, 0.15) is 11.8 Å². The molecule has 0 saturated carbocycles. The molecule has 1 aromatic carbocycles. The second-order valence-electron chi connectivity index (χ2n) is 6.71. The van der Waals surface area contributed by atoms with Gasteiger partial charge in [-0.05, 0) is 19.1 Å². The molecule has 1 fully saturated rings. The number of carbonyl (C=O) groups is 1. The molecule has 3 rings (SSSR count). The molecular formula is C19H23F3N4O2. The van der Waals surface area contributed by atoms with Gasteiger partial charge in [-0.1, -0.05) is 18.2 Å². The van der Waals surface area contributed by atoms with Gasteiger partial charge in [-0.3, -0.25) is 9.69 Å². The Hall–Kier alpha value is -2.39. The van der Waals surface area contributed by atoms with E-state index in [4.69, 9.17) is 4.42 Å². The minimum absolute atomic E-state index is 0.131. The summed E-state index contributed by atoms with van der Waals surface area (Å²) in [6.07, 6.45) is -4.54. The summed E-state index contributed by atoms with van der Waals surface area (Å²) in [4.78, 5) is 17.9. The minimum atomic E-state index is -4.41. The van der Waals surface area contributed by atoms with Gasteiger partial charge in [-0.15, -0.1) is 0 Å². The van der Waals surface area contributed by atoms with Gasteiger partial charge < -0.3 is 15.1 Å². The van der Waals surface area contributed by atoms with Gasteiger partial charge in [0.05, 0.1) is 12.1 Å². The topological polar surface area (TPSA) is 70.4 Å². The summed E-state index contributed by atoms with van der Waals surface area (Å²) in [5.74, 6) is 0.346. The fourth-order valence-corrected chi connectivity index (χ4v) is 3.17. The van der Waals surface area contributed by atoms with Gasteiger partial charge in [0, 0.05) is 38.3 Å². The van der Waals surface area contributed by atoms with Crippen molar-refractivity contribution in [1.29, 1.82) is 0 Å². The van der Waals surface area contributed by atoms with Crippen molar-refractivity contribution >= 4 is 5.91 Å². The molecule has 152 valence electrons. The fraction of sp³-hybridized carbons (Fsp3) is 0.474.